The van der Waals surface area contributed by atoms with Gasteiger partial charge in [-0.3, -0.25) is 0 Å². The van der Waals surface area contributed by atoms with Crippen LogP contribution in [0.15, 0.2) is 30.9 Å². The fourth-order valence-corrected chi connectivity index (χ4v) is 7.88. The summed E-state index contributed by atoms with van der Waals surface area (Å²) in [5.41, 5.74) is 4.82. The predicted molar refractivity (Wildman–Crippen MR) is 120 cm³/mol. The summed E-state index contributed by atoms with van der Waals surface area (Å²) in [5, 5.41) is 8.87. The topological polar surface area (TPSA) is 46.0 Å². The minimum Gasteiger partial charge on any atom is -0.371 e. The van der Waals surface area contributed by atoms with Crippen LogP contribution in [-0.2, 0) is 5.54 Å². The van der Waals surface area contributed by atoms with Crippen molar-refractivity contribution in [2.75, 3.05) is 18.0 Å². The number of nitrogens with one attached hydrogen (secondary N) is 1. The van der Waals surface area contributed by atoms with E-state index in [1.807, 2.05) is 6.33 Å². The molecule has 4 aliphatic carbocycles. The summed E-state index contributed by atoms with van der Waals surface area (Å²) in [4.78, 5) is 6.90. The molecule has 5 aliphatic rings. The second-order valence-corrected chi connectivity index (χ2v) is 10.9. The Hall–Kier alpha value is -1.88. The Morgan fingerprint density at radius 1 is 1.03 bits per heavy atom. The van der Waals surface area contributed by atoms with Crippen molar-refractivity contribution >= 4 is 5.69 Å². The van der Waals surface area contributed by atoms with Gasteiger partial charge in [0.15, 0.2) is 0 Å². The number of hydrogen-bond donors (Lipinski definition) is 1. The SMILES string of the molecule is Cc1cccc(N2CCC(NC34CC5CC(C3)CC(n3cncn3)(C5)C4)CC2)c1C. The van der Waals surface area contributed by atoms with Crippen molar-refractivity contribution in [1.82, 2.24) is 20.1 Å². The highest BCUT2D eigenvalue weighted by atomic mass is 15.4. The zero-order chi connectivity index (χ0) is 20.3. The van der Waals surface area contributed by atoms with E-state index in [1.165, 1.54) is 81.3 Å². The van der Waals surface area contributed by atoms with Gasteiger partial charge in [-0.05, 0) is 94.2 Å². The molecule has 1 aromatic carbocycles. The van der Waals surface area contributed by atoms with Crippen LogP contribution in [-0.4, -0.2) is 39.4 Å². The first-order valence-electron chi connectivity index (χ1n) is 12.0. The van der Waals surface area contributed by atoms with Gasteiger partial charge in [0.1, 0.15) is 12.7 Å². The lowest BCUT2D eigenvalue weighted by Gasteiger charge is -2.63. The van der Waals surface area contributed by atoms with Gasteiger partial charge in [0, 0.05) is 30.4 Å². The first-order chi connectivity index (χ1) is 14.5. The van der Waals surface area contributed by atoms with Gasteiger partial charge in [-0.2, -0.15) is 5.10 Å². The highest BCUT2D eigenvalue weighted by molar-refractivity contribution is 5.56. The molecule has 160 valence electrons. The van der Waals surface area contributed by atoms with E-state index in [-0.39, 0.29) is 5.54 Å². The standard InChI is InChI=1S/C25H35N5/c1-18-4-3-5-23(19(18)2)29-8-6-22(7-9-29)28-24-11-20-10-21(12-24)14-25(13-20,15-24)30-17-26-16-27-30/h3-5,16-17,20-22,28H,6-15H2,1-2H3. The van der Waals surface area contributed by atoms with E-state index in [9.17, 15) is 0 Å². The molecule has 4 bridgehead atoms. The van der Waals surface area contributed by atoms with Crippen LogP contribution in [0, 0.1) is 25.7 Å². The van der Waals surface area contributed by atoms with Crippen molar-refractivity contribution in [3.8, 4) is 0 Å². The molecule has 1 aromatic heterocycles. The predicted octanol–water partition coefficient (Wildman–Crippen LogP) is 4.20. The average Bonchev–Trinajstić information content (AvgIpc) is 3.25. The number of aromatic nitrogens is 3. The molecule has 5 heteroatoms. The monoisotopic (exact) mass is 405 g/mol. The Morgan fingerprint density at radius 2 is 1.80 bits per heavy atom. The normalized spacial score (nSPS) is 35.9. The van der Waals surface area contributed by atoms with Gasteiger partial charge in [0.25, 0.3) is 0 Å². The molecule has 1 aliphatic heterocycles. The zero-order valence-corrected chi connectivity index (χ0v) is 18.5. The Kier molecular flexibility index (Phi) is 4.28. The molecule has 7 rings (SSSR count). The molecule has 0 spiro atoms. The Balaban J connectivity index is 1.17. The number of benzene rings is 1. The van der Waals surface area contributed by atoms with Gasteiger partial charge in [-0.15, -0.1) is 0 Å². The molecule has 5 fully saturated rings. The number of piperidine rings is 1. The molecule has 5 nitrogen and oxygen atoms in total. The lowest BCUT2D eigenvalue weighted by Crippen LogP contribution is -2.67. The molecule has 0 radical (unpaired) electrons. The van der Waals surface area contributed by atoms with E-state index < -0.39 is 0 Å². The van der Waals surface area contributed by atoms with Crippen LogP contribution < -0.4 is 10.2 Å². The molecule has 1 N–H and O–H groups in total. The molecular formula is C25H35N5. The van der Waals surface area contributed by atoms with Gasteiger partial charge in [-0.1, -0.05) is 12.1 Å². The zero-order valence-electron chi connectivity index (χ0n) is 18.5. The molecule has 4 saturated carbocycles. The van der Waals surface area contributed by atoms with E-state index in [2.05, 4.69) is 57.0 Å². The molecule has 30 heavy (non-hydrogen) atoms. The first kappa shape index (κ1) is 18.9. The van der Waals surface area contributed by atoms with E-state index >= 15 is 0 Å². The third kappa shape index (κ3) is 3.00. The molecule has 2 aromatic rings. The largest absolute Gasteiger partial charge is 0.371 e. The number of hydrogen-bond acceptors (Lipinski definition) is 4. The summed E-state index contributed by atoms with van der Waals surface area (Å²) in [5.74, 6) is 1.72. The first-order valence-corrected chi connectivity index (χ1v) is 12.0. The Labute approximate surface area is 180 Å². The van der Waals surface area contributed by atoms with Crippen LogP contribution in [0.3, 0.4) is 0 Å². The summed E-state index contributed by atoms with van der Waals surface area (Å²) in [6, 6.07) is 7.39. The molecule has 2 unspecified atom stereocenters. The van der Waals surface area contributed by atoms with Crippen LogP contribution in [0.5, 0.6) is 0 Å². The van der Waals surface area contributed by atoms with Gasteiger partial charge in [0.2, 0.25) is 0 Å². The van der Waals surface area contributed by atoms with Crippen molar-refractivity contribution < 1.29 is 0 Å². The summed E-state index contributed by atoms with van der Waals surface area (Å²) in [6.45, 7) is 6.83. The fraction of sp³-hybridized carbons (Fsp3) is 0.680. The Morgan fingerprint density at radius 3 is 2.50 bits per heavy atom. The van der Waals surface area contributed by atoms with E-state index in [0.29, 0.717) is 11.6 Å². The average molecular weight is 406 g/mol. The van der Waals surface area contributed by atoms with Crippen LogP contribution in [0.4, 0.5) is 5.69 Å². The highest BCUT2D eigenvalue weighted by Gasteiger charge is 2.59. The third-order valence-corrected chi connectivity index (χ3v) is 8.86. The van der Waals surface area contributed by atoms with Crippen LogP contribution in [0.2, 0.25) is 0 Å². The van der Waals surface area contributed by atoms with Gasteiger partial charge in [0.05, 0.1) is 5.54 Å². The molecule has 2 heterocycles. The summed E-state index contributed by atoms with van der Waals surface area (Å²) < 4.78 is 2.23. The molecule has 0 amide bonds. The van der Waals surface area contributed by atoms with Crippen LogP contribution in [0.1, 0.15) is 62.5 Å². The maximum Gasteiger partial charge on any atom is 0.137 e. The van der Waals surface area contributed by atoms with E-state index in [1.54, 1.807) is 6.33 Å². The van der Waals surface area contributed by atoms with Crippen molar-refractivity contribution in [3.05, 3.63) is 42.0 Å². The lowest BCUT2D eigenvalue weighted by molar-refractivity contribution is -0.0826. The molecule has 1 saturated heterocycles. The van der Waals surface area contributed by atoms with Gasteiger partial charge >= 0.3 is 0 Å². The summed E-state index contributed by atoms with van der Waals surface area (Å²) >= 11 is 0. The smallest absolute Gasteiger partial charge is 0.137 e. The maximum absolute atomic E-state index is 4.61. The van der Waals surface area contributed by atoms with Gasteiger partial charge in [-0.25, -0.2) is 9.67 Å². The molecular weight excluding hydrogens is 370 g/mol. The summed E-state index contributed by atoms with van der Waals surface area (Å²) in [7, 11) is 0. The second kappa shape index (κ2) is 6.81. The fourth-order valence-electron chi connectivity index (χ4n) is 7.88. The minimum absolute atomic E-state index is 0.215. The third-order valence-electron chi connectivity index (χ3n) is 8.86. The van der Waals surface area contributed by atoms with E-state index in [0.717, 1.165) is 11.8 Å². The number of rotatable bonds is 4. The number of nitrogens with zero attached hydrogens (tertiary/aromatic N) is 4. The van der Waals surface area contributed by atoms with E-state index in [4.69, 9.17) is 0 Å². The Bertz CT molecular complexity index is 898. The number of aryl methyl sites for hydroxylation is 1. The lowest BCUT2D eigenvalue weighted by atomic mass is 9.49. The van der Waals surface area contributed by atoms with Gasteiger partial charge < -0.3 is 10.2 Å². The maximum atomic E-state index is 4.61. The number of anilines is 1. The van der Waals surface area contributed by atoms with Crippen molar-refractivity contribution in [2.45, 2.75) is 82.3 Å². The van der Waals surface area contributed by atoms with Crippen molar-refractivity contribution in [2.24, 2.45) is 11.8 Å². The minimum atomic E-state index is 0.215. The van der Waals surface area contributed by atoms with Crippen LogP contribution >= 0.6 is 0 Å². The second-order valence-electron chi connectivity index (χ2n) is 10.9. The molecule has 2 atom stereocenters. The van der Waals surface area contributed by atoms with Crippen molar-refractivity contribution in [1.29, 1.82) is 0 Å². The van der Waals surface area contributed by atoms with Crippen LogP contribution in [0.25, 0.3) is 0 Å². The summed E-state index contributed by atoms with van der Waals surface area (Å²) in [6.07, 6.45) is 14.2. The quantitative estimate of drug-likeness (QED) is 0.828. The highest BCUT2D eigenvalue weighted by Crippen LogP contribution is 2.60. The van der Waals surface area contributed by atoms with Crippen molar-refractivity contribution in [3.63, 3.8) is 0 Å².